The second-order valence-corrected chi connectivity index (χ2v) is 7.36. The minimum absolute atomic E-state index is 0.267. The van der Waals surface area contributed by atoms with Gasteiger partial charge in [0.1, 0.15) is 0 Å². The molecule has 0 spiro atoms. The molecule has 5 nitrogen and oxygen atoms in total. The molecular weight excluding hydrogens is 362 g/mol. The van der Waals surface area contributed by atoms with E-state index in [1.165, 1.54) is 12.4 Å². The highest BCUT2D eigenvalue weighted by molar-refractivity contribution is 6.06. The maximum absolute atomic E-state index is 12.7. The van der Waals surface area contributed by atoms with Crippen molar-refractivity contribution in [2.24, 2.45) is 0 Å². The normalized spacial score (nSPS) is 10.5. The van der Waals surface area contributed by atoms with Crippen LogP contribution in [0, 0.1) is 27.7 Å². The van der Waals surface area contributed by atoms with Crippen molar-refractivity contribution in [1.29, 1.82) is 0 Å². The Morgan fingerprint density at radius 2 is 1.48 bits per heavy atom. The minimum atomic E-state index is -0.291. The number of carbonyl (C=O) groups excluding carboxylic acids is 2. The molecule has 1 aromatic heterocycles. The van der Waals surface area contributed by atoms with Gasteiger partial charge in [-0.25, -0.2) is 0 Å². The van der Waals surface area contributed by atoms with Gasteiger partial charge in [0.05, 0.1) is 11.1 Å². The number of hydrogen-bond acceptors (Lipinski definition) is 3. The number of aryl methyl sites for hydroxylation is 4. The van der Waals surface area contributed by atoms with Gasteiger partial charge in [-0.2, -0.15) is 0 Å². The van der Waals surface area contributed by atoms with E-state index in [1.807, 2.05) is 64.1 Å². The Balaban J connectivity index is 1.71. The summed E-state index contributed by atoms with van der Waals surface area (Å²) in [5.41, 5.74) is 6.77. The van der Waals surface area contributed by atoms with E-state index in [0.717, 1.165) is 33.5 Å². The third-order valence-corrected chi connectivity index (χ3v) is 4.71. The van der Waals surface area contributed by atoms with Crippen molar-refractivity contribution in [2.75, 3.05) is 5.32 Å². The second-order valence-electron chi connectivity index (χ2n) is 7.36. The molecule has 0 atom stereocenters. The Morgan fingerprint density at radius 3 is 2.14 bits per heavy atom. The van der Waals surface area contributed by atoms with Crippen molar-refractivity contribution >= 4 is 17.5 Å². The largest absolute Gasteiger partial charge is 0.348 e. The molecule has 0 bridgehead atoms. The van der Waals surface area contributed by atoms with Gasteiger partial charge in [-0.05, 0) is 50.5 Å². The number of anilines is 1. The molecule has 5 heteroatoms. The first kappa shape index (κ1) is 20.3. The molecule has 3 aromatic rings. The van der Waals surface area contributed by atoms with Crippen LogP contribution in [0.15, 0.2) is 54.9 Å². The summed E-state index contributed by atoms with van der Waals surface area (Å²) in [6.45, 7) is 8.37. The van der Waals surface area contributed by atoms with Crippen LogP contribution >= 0.6 is 0 Å². The fourth-order valence-electron chi connectivity index (χ4n) is 3.36. The van der Waals surface area contributed by atoms with Crippen LogP contribution in [0.1, 0.15) is 48.5 Å². The van der Waals surface area contributed by atoms with E-state index in [9.17, 15) is 9.59 Å². The van der Waals surface area contributed by atoms with E-state index in [1.54, 1.807) is 6.07 Å². The van der Waals surface area contributed by atoms with Gasteiger partial charge in [-0.15, -0.1) is 0 Å². The topological polar surface area (TPSA) is 71.1 Å². The number of amides is 2. The van der Waals surface area contributed by atoms with Crippen LogP contribution in [0.2, 0.25) is 0 Å². The molecule has 3 rings (SSSR count). The standard InChI is InChI=1S/C24H25N3O2/c1-15-6-5-7-19(10-15)12-26-23(28)20-11-21(14-25-13-20)24(29)27-22-17(3)8-16(2)9-18(22)4/h5-11,13-14H,12H2,1-4H3,(H,26,28)(H,27,29). The lowest BCUT2D eigenvalue weighted by atomic mass is 10.0. The third-order valence-electron chi connectivity index (χ3n) is 4.71. The van der Waals surface area contributed by atoms with E-state index in [-0.39, 0.29) is 11.8 Å². The van der Waals surface area contributed by atoms with Crippen molar-refractivity contribution in [3.63, 3.8) is 0 Å². The van der Waals surface area contributed by atoms with E-state index in [0.29, 0.717) is 17.7 Å². The number of rotatable bonds is 5. The van der Waals surface area contributed by atoms with Gasteiger partial charge in [0, 0.05) is 24.6 Å². The lowest BCUT2D eigenvalue weighted by Gasteiger charge is -2.13. The molecule has 29 heavy (non-hydrogen) atoms. The van der Waals surface area contributed by atoms with Crippen molar-refractivity contribution in [1.82, 2.24) is 10.3 Å². The molecule has 0 saturated heterocycles. The van der Waals surface area contributed by atoms with E-state index < -0.39 is 0 Å². The van der Waals surface area contributed by atoms with Gasteiger partial charge >= 0.3 is 0 Å². The highest BCUT2D eigenvalue weighted by Crippen LogP contribution is 2.22. The Morgan fingerprint density at radius 1 is 0.828 bits per heavy atom. The van der Waals surface area contributed by atoms with Crippen LogP contribution < -0.4 is 10.6 Å². The van der Waals surface area contributed by atoms with Crippen LogP contribution in [0.3, 0.4) is 0 Å². The molecule has 0 aliphatic carbocycles. The summed E-state index contributed by atoms with van der Waals surface area (Å²) >= 11 is 0. The number of carbonyl (C=O) groups is 2. The highest BCUT2D eigenvalue weighted by atomic mass is 16.2. The third kappa shape index (κ3) is 5.08. The lowest BCUT2D eigenvalue weighted by molar-refractivity contribution is 0.0950. The highest BCUT2D eigenvalue weighted by Gasteiger charge is 2.14. The molecule has 0 saturated carbocycles. The monoisotopic (exact) mass is 387 g/mol. The fraction of sp³-hybridized carbons (Fsp3) is 0.208. The number of benzene rings is 2. The zero-order chi connectivity index (χ0) is 21.0. The molecule has 0 aliphatic heterocycles. The molecule has 2 aromatic carbocycles. The Hall–Kier alpha value is -3.47. The van der Waals surface area contributed by atoms with Gasteiger partial charge in [0.2, 0.25) is 0 Å². The summed E-state index contributed by atoms with van der Waals surface area (Å²) < 4.78 is 0. The molecule has 0 fully saturated rings. The van der Waals surface area contributed by atoms with Crippen LogP contribution in [-0.2, 0) is 6.54 Å². The zero-order valence-corrected chi connectivity index (χ0v) is 17.2. The molecule has 0 unspecified atom stereocenters. The van der Waals surface area contributed by atoms with Crippen molar-refractivity contribution in [3.8, 4) is 0 Å². The number of hydrogen-bond donors (Lipinski definition) is 2. The fourth-order valence-corrected chi connectivity index (χ4v) is 3.36. The predicted octanol–water partition coefficient (Wildman–Crippen LogP) is 4.50. The van der Waals surface area contributed by atoms with Crippen molar-refractivity contribution in [3.05, 3.63) is 93.8 Å². The number of nitrogens with one attached hydrogen (secondary N) is 2. The first-order valence-corrected chi connectivity index (χ1v) is 9.51. The number of aromatic nitrogens is 1. The molecule has 0 aliphatic rings. The SMILES string of the molecule is Cc1cccc(CNC(=O)c2cncc(C(=O)Nc3c(C)cc(C)cc3C)c2)c1. The summed E-state index contributed by atoms with van der Waals surface area (Å²) in [4.78, 5) is 29.3. The molecule has 148 valence electrons. The van der Waals surface area contributed by atoms with Gasteiger partial charge in [-0.1, -0.05) is 47.5 Å². The minimum Gasteiger partial charge on any atom is -0.348 e. The molecular formula is C24H25N3O2. The average Bonchev–Trinajstić information content (AvgIpc) is 2.69. The second kappa shape index (κ2) is 8.69. The molecule has 0 radical (unpaired) electrons. The van der Waals surface area contributed by atoms with Crippen LogP contribution in [-0.4, -0.2) is 16.8 Å². The average molecular weight is 387 g/mol. The van der Waals surface area contributed by atoms with E-state index in [4.69, 9.17) is 0 Å². The summed E-state index contributed by atoms with van der Waals surface area (Å²) in [5.74, 6) is -0.558. The van der Waals surface area contributed by atoms with Gasteiger partial charge in [-0.3, -0.25) is 14.6 Å². The Bertz CT molecular complexity index is 1050. The maximum atomic E-state index is 12.7. The molecule has 2 amide bonds. The summed E-state index contributed by atoms with van der Waals surface area (Å²) in [6.07, 6.45) is 2.93. The van der Waals surface area contributed by atoms with Gasteiger partial charge < -0.3 is 10.6 Å². The maximum Gasteiger partial charge on any atom is 0.257 e. The zero-order valence-electron chi connectivity index (χ0n) is 17.2. The quantitative estimate of drug-likeness (QED) is 0.677. The summed E-state index contributed by atoms with van der Waals surface area (Å²) in [7, 11) is 0. The summed E-state index contributed by atoms with van der Waals surface area (Å²) in [5, 5.41) is 5.81. The molecule has 1 heterocycles. The lowest BCUT2D eigenvalue weighted by Crippen LogP contribution is -2.23. The van der Waals surface area contributed by atoms with Crippen LogP contribution in [0.25, 0.3) is 0 Å². The van der Waals surface area contributed by atoms with E-state index >= 15 is 0 Å². The summed E-state index contributed by atoms with van der Waals surface area (Å²) in [6, 6.07) is 13.6. The first-order chi connectivity index (χ1) is 13.8. The molecule has 2 N–H and O–H groups in total. The van der Waals surface area contributed by atoms with Crippen molar-refractivity contribution < 1.29 is 9.59 Å². The van der Waals surface area contributed by atoms with E-state index in [2.05, 4.69) is 15.6 Å². The number of nitrogens with zero attached hydrogens (tertiary/aromatic N) is 1. The number of pyridine rings is 1. The van der Waals surface area contributed by atoms with Crippen LogP contribution in [0.5, 0.6) is 0 Å². The smallest absolute Gasteiger partial charge is 0.257 e. The first-order valence-electron chi connectivity index (χ1n) is 9.51. The Labute approximate surface area is 171 Å². The predicted molar refractivity (Wildman–Crippen MR) is 115 cm³/mol. The van der Waals surface area contributed by atoms with Gasteiger partial charge in [0.15, 0.2) is 0 Å². The Kier molecular flexibility index (Phi) is 6.07. The van der Waals surface area contributed by atoms with Gasteiger partial charge in [0.25, 0.3) is 11.8 Å². The van der Waals surface area contributed by atoms with Crippen molar-refractivity contribution in [2.45, 2.75) is 34.2 Å². The van der Waals surface area contributed by atoms with Crippen LogP contribution in [0.4, 0.5) is 5.69 Å².